The van der Waals surface area contributed by atoms with Crippen molar-refractivity contribution in [2.24, 2.45) is 5.41 Å². The molecule has 0 bridgehead atoms. The molecule has 2 N–H and O–H groups in total. The van der Waals surface area contributed by atoms with Crippen LogP contribution in [0.1, 0.15) is 44.7 Å². The first-order valence-corrected chi connectivity index (χ1v) is 6.90. The monoisotopic (exact) mass is 263 g/mol. The van der Waals surface area contributed by atoms with E-state index in [1.165, 1.54) is 0 Å². The number of carbonyl (C=O) groups is 1. The topological polar surface area (TPSA) is 75.1 Å². The van der Waals surface area contributed by atoms with Gasteiger partial charge >= 0.3 is 5.97 Å². The number of hydrogen-bond acceptors (Lipinski definition) is 4. The Morgan fingerprint density at radius 3 is 2.84 bits per heavy atom. The molecule has 1 aromatic rings. The summed E-state index contributed by atoms with van der Waals surface area (Å²) < 4.78 is 0. The fourth-order valence-corrected chi connectivity index (χ4v) is 2.58. The lowest BCUT2D eigenvalue weighted by atomic mass is 9.66. The van der Waals surface area contributed by atoms with Crippen molar-refractivity contribution in [1.29, 1.82) is 0 Å². The Balaban J connectivity index is 1.93. The van der Waals surface area contributed by atoms with Crippen molar-refractivity contribution in [2.75, 3.05) is 11.9 Å². The SMILES string of the molecule is CCCc1cc(NCC2(CC(=O)O)CCC2)ncn1. The highest BCUT2D eigenvalue weighted by Crippen LogP contribution is 2.43. The lowest BCUT2D eigenvalue weighted by Crippen LogP contribution is -2.38. The number of aliphatic carboxylic acids is 1. The molecule has 1 heterocycles. The number of nitrogens with zero attached hydrogens (tertiary/aromatic N) is 2. The third kappa shape index (κ3) is 3.66. The smallest absolute Gasteiger partial charge is 0.303 e. The second-order valence-electron chi connectivity index (χ2n) is 5.42. The molecule has 0 spiro atoms. The van der Waals surface area contributed by atoms with Crippen molar-refractivity contribution < 1.29 is 9.90 Å². The predicted molar refractivity (Wildman–Crippen MR) is 73.1 cm³/mol. The quantitative estimate of drug-likeness (QED) is 0.790. The van der Waals surface area contributed by atoms with Gasteiger partial charge in [0.05, 0.1) is 6.42 Å². The fraction of sp³-hybridized carbons (Fsp3) is 0.643. The van der Waals surface area contributed by atoms with E-state index in [0.29, 0.717) is 6.54 Å². The third-order valence-electron chi connectivity index (χ3n) is 3.81. The van der Waals surface area contributed by atoms with Crippen LogP contribution in [0.2, 0.25) is 0 Å². The molecule has 1 saturated carbocycles. The van der Waals surface area contributed by atoms with Crippen LogP contribution in [0.3, 0.4) is 0 Å². The molecular weight excluding hydrogens is 242 g/mol. The highest BCUT2D eigenvalue weighted by Gasteiger charge is 2.38. The summed E-state index contributed by atoms with van der Waals surface area (Å²) in [6, 6.07) is 1.95. The molecule has 1 fully saturated rings. The van der Waals surface area contributed by atoms with E-state index in [1.54, 1.807) is 6.33 Å². The highest BCUT2D eigenvalue weighted by molar-refractivity contribution is 5.68. The normalized spacial score (nSPS) is 16.7. The zero-order valence-corrected chi connectivity index (χ0v) is 11.4. The zero-order valence-electron chi connectivity index (χ0n) is 11.4. The van der Waals surface area contributed by atoms with Crippen molar-refractivity contribution in [3.63, 3.8) is 0 Å². The largest absolute Gasteiger partial charge is 0.481 e. The Hall–Kier alpha value is -1.65. The molecule has 5 heteroatoms. The van der Waals surface area contributed by atoms with Gasteiger partial charge in [0.1, 0.15) is 12.1 Å². The first-order valence-electron chi connectivity index (χ1n) is 6.90. The van der Waals surface area contributed by atoms with E-state index in [4.69, 9.17) is 5.11 Å². The first kappa shape index (κ1) is 13.8. The molecule has 0 atom stereocenters. The number of carboxylic acid groups (broad SMARTS) is 1. The Kier molecular flexibility index (Phi) is 4.35. The molecule has 0 amide bonds. The van der Waals surface area contributed by atoms with Crippen molar-refractivity contribution in [1.82, 2.24) is 9.97 Å². The molecular formula is C14H21N3O2. The molecule has 1 aliphatic carbocycles. The predicted octanol–water partition coefficient (Wildman–Crippen LogP) is 2.49. The average Bonchev–Trinajstić information content (AvgIpc) is 2.33. The second kappa shape index (κ2) is 5.99. The molecule has 1 aromatic heterocycles. The molecule has 0 radical (unpaired) electrons. The summed E-state index contributed by atoms with van der Waals surface area (Å²) in [7, 11) is 0. The van der Waals surface area contributed by atoms with Gasteiger partial charge in [0.2, 0.25) is 0 Å². The number of carboxylic acids is 1. The van der Waals surface area contributed by atoms with Crippen LogP contribution in [0.5, 0.6) is 0 Å². The Bertz CT molecular complexity index is 444. The summed E-state index contributed by atoms with van der Waals surface area (Å²) in [6.07, 6.45) is 6.90. The molecule has 1 aliphatic rings. The van der Waals surface area contributed by atoms with Gasteiger partial charge in [0.15, 0.2) is 0 Å². The maximum absolute atomic E-state index is 10.9. The van der Waals surface area contributed by atoms with Crippen LogP contribution in [-0.2, 0) is 11.2 Å². The summed E-state index contributed by atoms with van der Waals surface area (Å²) in [4.78, 5) is 19.3. The van der Waals surface area contributed by atoms with Crippen molar-refractivity contribution in [3.8, 4) is 0 Å². The van der Waals surface area contributed by atoms with E-state index >= 15 is 0 Å². The van der Waals surface area contributed by atoms with Crippen LogP contribution < -0.4 is 5.32 Å². The Morgan fingerprint density at radius 2 is 2.26 bits per heavy atom. The summed E-state index contributed by atoms with van der Waals surface area (Å²) in [5.74, 6) is 0.0889. The standard InChI is InChI=1S/C14H21N3O2/c1-2-4-11-7-12(17-10-16-11)15-9-14(5-3-6-14)8-13(18)19/h7,10H,2-6,8-9H2,1H3,(H,18,19)(H,15,16,17). The molecule has 104 valence electrons. The van der Waals surface area contributed by atoms with Crippen molar-refractivity contribution >= 4 is 11.8 Å². The highest BCUT2D eigenvalue weighted by atomic mass is 16.4. The van der Waals surface area contributed by atoms with Gasteiger partial charge < -0.3 is 10.4 Å². The van der Waals surface area contributed by atoms with Gasteiger partial charge in [0, 0.05) is 18.3 Å². The molecule has 2 rings (SSSR count). The van der Waals surface area contributed by atoms with E-state index in [2.05, 4.69) is 22.2 Å². The van der Waals surface area contributed by atoms with Crippen LogP contribution >= 0.6 is 0 Å². The number of hydrogen-bond donors (Lipinski definition) is 2. The summed E-state index contributed by atoms with van der Waals surface area (Å²) in [5.41, 5.74) is 0.947. The van der Waals surface area contributed by atoms with Gasteiger partial charge in [0.25, 0.3) is 0 Å². The van der Waals surface area contributed by atoms with E-state index in [-0.39, 0.29) is 11.8 Å². The first-order chi connectivity index (χ1) is 9.13. The number of aryl methyl sites for hydroxylation is 1. The second-order valence-corrected chi connectivity index (χ2v) is 5.42. The minimum absolute atomic E-state index is 0.0816. The zero-order chi connectivity index (χ0) is 13.7. The molecule has 5 nitrogen and oxygen atoms in total. The number of anilines is 1. The van der Waals surface area contributed by atoms with Crippen LogP contribution in [0.4, 0.5) is 5.82 Å². The number of rotatable bonds is 7. The molecule has 0 aliphatic heterocycles. The molecule has 0 unspecified atom stereocenters. The van der Waals surface area contributed by atoms with Gasteiger partial charge in [-0.15, -0.1) is 0 Å². The van der Waals surface area contributed by atoms with Gasteiger partial charge in [-0.1, -0.05) is 19.8 Å². The lowest BCUT2D eigenvalue weighted by molar-refractivity contribution is -0.141. The number of nitrogens with one attached hydrogen (secondary N) is 1. The fourth-order valence-electron chi connectivity index (χ4n) is 2.58. The summed E-state index contributed by atoms with van der Waals surface area (Å²) in [5, 5.41) is 12.2. The van der Waals surface area contributed by atoms with E-state index in [0.717, 1.165) is 43.6 Å². The van der Waals surface area contributed by atoms with Gasteiger partial charge in [-0.05, 0) is 24.7 Å². The van der Waals surface area contributed by atoms with Crippen molar-refractivity contribution in [3.05, 3.63) is 18.1 Å². The van der Waals surface area contributed by atoms with Gasteiger partial charge in [-0.3, -0.25) is 4.79 Å². The molecule has 19 heavy (non-hydrogen) atoms. The average molecular weight is 263 g/mol. The van der Waals surface area contributed by atoms with Gasteiger partial charge in [-0.2, -0.15) is 0 Å². The maximum Gasteiger partial charge on any atom is 0.303 e. The van der Waals surface area contributed by atoms with Crippen LogP contribution in [-0.4, -0.2) is 27.6 Å². The third-order valence-corrected chi connectivity index (χ3v) is 3.81. The van der Waals surface area contributed by atoms with Crippen LogP contribution in [0.25, 0.3) is 0 Å². The van der Waals surface area contributed by atoms with Crippen LogP contribution in [0.15, 0.2) is 12.4 Å². The van der Waals surface area contributed by atoms with Crippen molar-refractivity contribution in [2.45, 2.75) is 45.4 Å². The Morgan fingerprint density at radius 1 is 1.47 bits per heavy atom. The number of aromatic nitrogens is 2. The molecule has 0 saturated heterocycles. The molecule has 0 aromatic carbocycles. The summed E-state index contributed by atoms with van der Waals surface area (Å²) >= 11 is 0. The lowest BCUT2D eigenvalue weighted by Gasteiger charge is -2.41. The van der Waals surface area contributed by atoms with E-state index < -0.39 is 5.97 Å². The minimum Gasteiger partial charge on any atom is -0.481 e. The van der Waals surface area contributed by atoms with Crippen LogP contribution in [0, 0.1) is 5.41 Å². The van der Waals surface area contributed by atoms with Gasteiger partial charge in [-0.25, -0.2) is 9.97 Å². The maximum atomic E-state index is 10.9. The Labute approximate surface area is 113 Å². The van der Waals surface area contributed by atoms with E-state index in [1.807, 2.05) is 6.07 Å². The van der Waals surface area contributed by atoms with E-state index in [9.17, 15) is 4.79 Å². The minimum atomic E-state index is -0.712. The summed E-state index contributed by atoms with van der Waals surface area (Å²) in [6.45, 7) is 2.80.